The van der Waals surface area contributed by atoms with E-state index in [1.807, 2.05) is 13.8 Å². The van der Waals surface area contributed by atoms with Gasteiger partial charge in [0.15, 0.2) is 11.5 Å². The Balaban J connectivity index is 2.07. The van der Waals surface area contributed by atoms with Gasteiger partial charge in [-0.1, -0.05) is 0 Å². The first-order valence-corrected chi connectivity index (χ1v) is 9.60. The average molecular weight is 416 g/mol. The maximum Gasteiger partial charge on any atom is 0.257 e. The lowest BCUT2D eigenvalue weighted by atomic mass is 10.1. The summed E-state index contributed by atoms with van der Waals surface area (Å²) in [7, 11) is 4.56. The number of likely N-dealkylation sites (N-methyl/N-ethyl adjacent to an activating group) is 1. The highest BCUT2D eigenvalue weighted by Crippen LogP contribution is 2.30. The van der Waals surface area contributed by atoms with Gasteiger partial charge in [-0.15, -0.1) is 0 Å². The molecule has 0 saturated heterocycles. The van der Waals surface area contributed by atoms with E-state index in [1.165, 1.54) is 19.1 Å². The van der Waals surface area contributed by atoms with Crippen molar-refractivity contribution in [1.29, 1.82) is 0 Å². The van der Waals surface area contributed by atoms with Gasteiger partial charge in [0.1, 0.15) is 11.5 Å². The number of hydrogen-bond donors (Lipinski definition) is 1. The van der Waals surface area contributed by atoms with Crippen LogP contribution in [0.2, 0.25) is 0 Å². The van der Waals surface area contributed by atoms with Gasteiger partial charge in [-0.05, 0) is 38.1 Å². The summed E-state index contributed by atoms with van der Waals surface area (Å²) in [4.78, 5) is 26.5. The highest BCUT2D eigenvalue weighted by atomic mass is 16.5. The molecule has 0 heterocycles. The van der Waals surface area contributed by atoms with Crippen LogP contribution in [0.15, 0.2) is 36.4 Å². The zero-order chi connectivity index (χ0) is 22.1. The molecule has 0 fully saturated rings. The molecule has 2 amide bonds. The lowest BCUT2D eigenvalue weighted by Crippen LogP contribution is -2.35. The van der Waals surface area contributed by atoms with Crippen molar-refractivity contribution in [2.45, 2.75) is 13.8 Å². The van der Waals surface area contributed by atoms with Crippen LogP contribution in [0, 0.1) is 0 Å². The Morgan fingerprint density at radius 2 is 1.60 bits per heavy atom. The molecular formula is C22H28N2O6. The van der Waals surface area contributed by atoms with Gasteiger partial charge in [0.05, 0.1) is 39.5 Å². The Morgan fingerprint density at radius 3 is 2.23 bits per heavy atom. The highest BCUT2D eigenvalue weighted by molar-refractivity contribution is 6.01. The average Bonchev–Trinajstić information content (AvgIpc) is 2.74. The fraction of sp³-hybridized carbons (Fsp3) is 0.364. The van der Waals surface area contributed by atoms with Crippen molar-refractivity contribution < 1.29 is 28.5 Å². The van der Waals surface area contributed by atoms with Gasteiger partial charge in [0, 0.05) is 24.9 Å². The molecular weight excluding hydrogens is 388 g/mol. The van der Waals surface area contributed by atoms with Gasteiger partial charge in [-0.3, -0.25) is 9.59 Å². The molecule has 2 rings (SSSR count). The zero-order valence-corrected chi connectivity index (χ0v) is 18.0. The molecule has 2 aromatic rings. The largest absolute Gasteiger partial charge is 0.497 e. The molecule has 2 aromatic carbocycles. The second-order valence-corrected chi connectivity index (χ2v) is 6.30. The van der Waals surface area contributed by atoms with Crippen LogP contribution in [0.3, 0.4) is 0 Å². The first-order valence-electron chi connectivity index (χ1n) is 9.60. The number of carbonyl (C=O) groups excluding carboxylic acids is 2. The number of hydrogen-bond acceptors (Lipinski definition) is 6. The molecule has 30 heavy (non-hydrogen) atoms. The number of nitrogens with one attached hydrogen (secondary N) is 1. The van der Waals surface area contributed by atoms with E-state index in [0.717, 1.165) is 0 Å². The van der Waals surface area contributed by atoms with Gasteiger partial charge in [-0.25, -0.2) is 0 Å². The standard InChI is InChI=1S/C22H28N2O6/c1-6-29-18-11-8-15(12-20(18)30-7-2)23-21(25)14-24(3)22(26)17-10-9-16(27-4)13-19(17)28-5/h8-13H,6-7,14H2,1-5H3,(H,23,25). The number of benzene rings is 2. The van der Waals surface area contributed by atoms with Gasteiger partial charge in [0.2, 0.25) is 5.91 Å². The molecule has 0 spiro atoms. The van der Waals surface area contributed by atoms with Crippen molar-refractivity contribution in [1.82, 2.24) is 4.90 Å². The molecule has 0 aliphatic carbocycles. The van der Waals surface area contributed by atoms with Crippen molar-refractivity contribution >= 4 is 17.5 Å². The van der Waals surface area contributed by atoms with E-state index in [2.05, 4.69) is 5.32 Å². The molecule has 0 aliphatic heterocycles. The summed E-state index contributed by atoms with van der Waals surface area (Å²) in [6.07, 6.45) is 0. The summed E-state index contributed by atoms with van der Waals surface area (Å²) >= 11 is 0. The lowest BCUT2D eigenvalue weighted by Gasteiger charge is -2.19. The molecule has 8 nitrogen and oxygen atoms in total. The molecule has 0 radical (unpaired) electrons. The number of rotatable bonds is 10. The Kier molecular flexibility index (Phi) is 8.34. The maximum absolute atomic E-state index is 12.8. The van der Waals surface area contributed by atoms with Crippen LogP contribution in [0.25, 0.3) is 0 Å². The lowest BCUT2D eigenvalue weighted by molar-refractivity contribution is -0.116. The van der Waals surface area contributed by atoms with Crippen LogP contribution in [-0.2, 0) is 4.79 Å². The Labute approximate surface area is 176 Å². The van der Waals surface area contributed by atoms with Crippen LogP contribution in [0.1, 0.15) is 24.2 Å². The summed E-state index contributed by atoms with van der Waals surface area (Å²) < 4.78 is 21.5. The topological polar surface area (TPSA) is 86.3 Å². The SMILES string of the molecule is CCOc1ccc(NC(=O)CN(C)C(=O)c2ccc(OC)cc2OC)cc1OCC. The van der Waals surface area contributed by atoms with E-state index in [0.29, 0.717) is 47.5 Å². The molecule has 162 valence electrons. The molecule has 0 atom stereocenters. The van der Waals surface area contributed by atoms with Crippen LogP contribution in [-0.4, -0.2) is 57.7 Å². The van der Waals surface area contributed by atoms with Gasteiger partial charge >= 0.3 is 0 Å². The second-order valence-electron chi connectivity index (χ2n) is 6.30. The second kappa shape index (κ2) is 10.9. The van der Waals surface area contributed by atoms with Crippen LogP contribution in [0.4, 0.5) is 5.69 Å². The first kappa shape index (κ1) is 22.9. The summed E-state index contributed by atoms with van der Waals surface area (Å²) in [5, 5.41) is 2.77. The number of nitrogens with zero attached hydrogens (tertiary/aromatic N) is 1. The van der Waals surface area contributed by atoms with Crippen molar-refractivity contribution in [2.75, 3.05) is 46.3 Å². The third-order valence-electron chi connectivity index (χ3n) is 4.19. The molecule has 1 N–H and O–H groups in total. The van der Waals surface area contributed by atoms with Gasteiger partial charge in [0.25, 0.3) is 5.91 Å². The van der Waals surface area contributed by atoms with Crippen molar-refractivity contribution in [3.8, 4) is 23.0 Å². The van der Waals surface area contributed by atoms with E-state index in [1.54, 1.807) is 43.4 Å². The van der Waals surface area contributed by atoms with E-state index in [-0.39, 0.29) is 18.4 Å². The Hall–Kier alpha value is -3.42. The molecule has 0 unspecified atom stereocenters. The minimum atomic E-state index is -0.343. The quantitative estimate of drug-likeness (QED) is 0.640. The maximum atomic E-state index is 12.8. The summed E-state index contributed by atoms with van der Waals surface area (Å²) in [6.45, 7) is 4.60. The van der Waals surface area contributed by atoms with Crippen molar-refractivity contribution in [3.05, 3.63) is 42.0 Å². The van der Waals surface area contributed by atoms with E-state index < -0.39 is 0 Å². The molecule has 8 heteroatoms. The predicted molar refractivity (Wildman–Crippen MR) is 114 cm³/mol. The Bertz CT molecular complexity index is 884. The third kappa shape index (κ3) is 5.79. The minimum Gasteiger partial charge on any atom is -0.497 e. The fourth-order valence-electron chi connectivity index (χ4n) is 2.80. The summed E-state index contributed by atoms with van der Waals surface area (Å²) in [5.41, 5.74) is 0.892. The molecule has 0 aliphatic rings. The first-order chi connectivity index (χ1) is 14.4. The monoisotopic (exact) mass is 416 g/mol. The van der Waals surface area contributed by atoms with Crippen LogP contribution >= 0.6 is 0 Å². The molecule has 0 bridgehead atoms. The van der Waals surface area contributed by atoms with Crippen molar-refractivity contribution in [3.63, 3.8) is 0 Å². The summed E-state index contributed by atoms with van der Waals surface area (Å²) in [5.74, 6) is 1.42. The van der Waals surface area contributed by atoms with Crippen LogP contribution < -0.4 is 24.3 Å². The third-order valence-corrected chi connectivity index (χ3v) is 4.19. The fourth-order valence-corrected chi connectivity index (χ4v) is 2.80. The number of methoxy groups -OCH3 is 2. The summed E-state index contributed by atoms with van der Waals surface area (Å²) in [6, 6.07) is 10.0. The normalized spacial score (nSPS) is 10.2. The highest BCUT2D eigenvalue weighted by Gasteiger charge is 2.20. The van der Waals surface area contributed by atoms with E-state index >= 15 is 0 Å². The molecule has 0 aromatic heterocycles. The number of ether oxygens (including phenoxy) is 4. The predicted octanol–water partition coefficient (Wildman–Crippen LogP) is 3.21. The van der Waals surface area contributed by atoms with Crippen LogP contribution in [0.5, 0.6) is 23.0 Å². The van der Waals surface area contributed by atoms with Gasteiger partial charge in [-0.2, -0.15) is 0 Å². The Morgan fingerprint density at radius 1 is 0.900 bits per heavy atom. The number of carbonyl (C=O) groups is 2. The van der Waals surface area contributed by atoms with Crippen molar-refractivity contribution in [2.24, 2.45) is 0 Å². The number of amides is 2. The smallest absolute Gasteiger partial charge is 0.257 e. The zero-order valence-electron chi connectivity index (χ0n) is 18.0. The number of anilines is 1. The van der Waals surface area contributed by atoms with Gasteiger partial charge < -0.3 is 29.2 Å². The van der Waals surface area contributed by atoms with E-state index in [9.17, 15) is 9.59 Å². The minimum absolute atomic E-state index is 0.134. The van der Waals surface area contributed by atoms with E-state index in [4.69, 9.17) is 18.9 Å². The molecule has 0 saturated carbocycles.